The highest BCUT2D eigenvalue weighted by molar-refractivity contribution is 6.33. The van der Waals surface area contributed by atoms with E-state index in [1.54, 1.807) is 0 Å². The number of ether oxygens (including phenoxy) is 2. The first-order chi connectivity index (χ1) is 5.69. The minimum Gasteiger partial charge on any atom is -0.481 e. The Labute approximate surface area is 75.3 Å². The van der Waals surface area contributed by atoms with Crippen LogP contribution in [0.5, 0.6) is 11.8 Å². The van der Waals surface area contributed by atoms with E-state index in [0.29, 0.717) is 16.6 Å². The standard InChI is InChI=1S/C7H9ClN2O2/c1-11-5-3-4(8)6(9)7(10-5)12-2/h3H,9H2,1-2H3. The first kappa shape index (κ1) is 8.93. The Hall–Kier alpha value is -1.16. The summed E-state index contributed by atoms with van der Waals surface area (Å²) in [4.78, 5) is 3.92. The van der Waals surface area contributed by atoms with Crippen LogP contribution in [0.1, 0.15) is 0 Å². The SMILES string of the molecule is COc1cc(Cl)c(N)c(OC)n1. The highest BCUT2D eigenvalue weighted by Crippen LogP contribution is 2.30. The topological polar surface area (TPSA) is 57.4 Å². The molecule has 0 unspecified atom stereocenters. The van der Waals surface area contributed by atoms with E-state index >= 15 is 0 Å². The number of anilines is 1. The molecule has 0 fully saturated rings. The molecular weight excluding hydrogens is 180 g/mol. The number of hydrogen-bond donors (Lipinski definition) is 1. The van der Waals surface area contributed by atoms with Crippen LogP contribution >= 0.6 is 11.6 Å². The average Bonchev–Trinajstić information content (AvgIpc) is 2.09. The molecule has 12 heavy (non-hydrogen) atoms. The van der Waals surface area contributed by atoms with Gasteiger partial charge in [0.15, 0.2) is 0 Å². The van der Waals surface area contributed by atoms with Gasteiger partial charge in [0.2, 0.25) is 11.8 Å². The van der Waals surface area contributed by atoms with E-state index in [9.17, 15) is 0 Å². The molecule has 1 aromatic rings. The summed E-state index contributed by atoms with van der Waals surface area (Å²) in [5, 5.41) is 0.374. The molecule has 0 aromatic carbocycles. The van der Waals surface area contributed by atoms with Crippen LogP contribution in [0, 0.1) is 0 Å². The Balaban J connectivity index is 3.19. The smallest absolute Gasteiger partial charge is 0.241 e. The molecule has 1 aromatic heterocycles. The van der Waals surface area contributed by atoms with E-state index in [-0.39, 0.29) is 5.88 Å². The second kappa shape index (κ2) is 3.49. The highest BCUT2D eigenvalue weighted by atomic mass is 35.5. The summed E-state index contributed by atoms with van der Waals surface area (Å²) in [6, 6.07) is 1.53. The van der Waals surface area contributed by atoms with Crippen LogP contribution in [0.3, 0.4) is 0 Å². The van der Waals surface area contributed by atoms with E-state index in [1.807, 2.05) is 0 Å². The van der Waals surface area contributed by atoms with Crippen LogP contribution in [-0.4, -0.2) is 19.2 Å². The van der Waals surface area contributed by atoms with Gasteiger partial charge < -0.3 is 15.2 Å². The Morgan fingerprint density at radius 1 is 1.42 bits per heavy atom. The third-order valence-corrected chi connectivity index (χ3v) is 1.66. The number of aromatic nitrogens is 1. The van der Waals surface area contributed by atoms with Gasteiger partial charge in [-0.15, -0.1) is 0 Å². The summed E-state index contributed by atoms with van der Waals surface area (Å²) in [7, 11) is 2.96. The lowest BCUT2D eigenvalue weighted by atomic mass is 10.4. The number of nitrogen functional groups attached to an aromatic ring is 1. The van der Waals surface area contributed by atoms with Crippen LogP contribution in [0.4, 0.5) is 5.69 Å². The third-order valence-electron chi connectivity index (χ3n) is 1.35. The summed E-state index contributed by atoms with van der Waals surface area (Å²) in [6.45, 7) is 0. The predicted molar refractivity (Wildman–Crippen MR) is 46.8 cm³/mol. The summed E-state index contributed by atoms with van der Waals surface area (Å²) >= 11 is 5.75. The van der Waals surface area contributed by atoms with Crippen LogP contribution in [0.2, 0.25) is 5.02 Å². The van der Waals surface area contributed by atoms with Gasteiger partial charge in [0.05, 0.1) is 19.2 Å². The van der Waals surface area contributed by atoms with E-state index < -0.39 is 0 Å². The van der Waals surface area contributed by atoms with Crippen molar-refractivity contribution in [2.45, 2.75) is 0 Å². The van der Waals surface area contributed by atoms with Crippen LogP contribution in [0.15, 0.2) is 6.07 Å². The molecule has 4 nitrogen and oxygen atoms in total. The van der Waals surface area contributed by atoms with Gasteiger partial charge >= 0.3 is 0 Å². The summed E-state index contributed by atoms with van der Waals surface area (Å²) in [5.41, 5.74) is 5.86. The number of methoxy groups -OCH3 is 2. The van der Waals surface area contributed by atoms with Crippen LogP contribution in [0.25, 0.3) is 0 Å². The molecule has 5 heteroatoms. The fourth-order valence-corrected chi connectivity index (χ4v) is 0.915. The van der Waals surface area contributed by atoms with E-state index in [0.717, 1.165) is 0 Å². The minimum atomic E-state index is 0.277. The Morgan fingerprint density at radius 2 is 2.08 bits per heavy atom. The second-order valence-corrected chi connectivity index (χ2v) is 2.48. The molecule has 2 N–H and O–H groups in total. The normalized spacial score (nSPS) is 9.58. The van der Waals surface area contributed by atoms with E-state index in [1.165, 1.54) is 20.3 Å². The summed E-state index contributed by atoms with van der Waals surface area (Å²) in [6.07, 6.45) is 0. The zero-order valence-electron chi connectivity index (χ0n) is 6.80. The lowest BCUT2D eigenvalue weighted by Crippen LogP contribution is -1.98. The molecular formula is C7H9ClN2O2. The van der Waals surface area contributed by atoms with Crippen molar-refractivity contribution in [3.05, 3.63) is 11.1 Å². The lowest BCUT2D eigenvalue weighted by Gasteiger charge is -2.06. The quantitative estimate of drug-likeness (QED) is 0.761. The number of halogens is 1. The predicted octanol–water partition coefficient (Wildman–Crippen LogP) is 1.33. The molecule has 0 amide bonds. The fraction of sp³-hybridized carbons (Fsp3) is 0.286. The zero-order chi connectivity index (χ0) is 9.14. The molecule has 0 spiro atoms. The molecule has 0 saturated carbocycles. The maximum absolute atomic E-state index is 5.75. The summed E-state index contributed by atoms with van der Waals surface area (Å²) in [5.74, 6) is 0.658. The van der Waals surface area contributed by atoms with Gasteiger partial charge in [0.1, 0.15) is 5.69 Å². The molecule has 0 aliphatic rings. The Kier molecular flexibility index (Phi) is 2.60. The van der Waals surface area contributed by atoms with E-state index in [2.05, 4.69) is 4.98 Å². The average molecular weight is 189 g/mol. The fourth-order valence-electron chi connectivity index (χ4n) is 0.741. The van der Waals surface area contributed by atoms with Crippen molar-refractivity contribution >= 4 is 17.3 Å². The maximum atomic E-state index is 5.75. The monoisotopic (exact) mass is 188 g/mol. The van der Waals surface area contributed by atoms with Crippen molar-refractivity contribution in [3.8, 4) is 11.8 Å². The zero-order valence-corrected chi connectivity index (χ0v) is 7.55. The number of pyridine rings is 1. The van der Waals surface area contributed by atoms with Crippen molar-refractivity contribution in [3.63, 3.8) is 0 Å². The largest absolute Gasteiger partial charge is 0.481 e. The maximum Gasteiger partial charge on any atom is 0.241 e. The van der Waals surface area contributed by atoms with Gasteiger partial charge in [0, 0.05) is 6.07 Å². The minimum absolute atomic E-state index is 0.277. The number of rotatable bonds is 2. The van der Waals surface area contributed by atoms with Crippen molar-refractivity contribution in [2.24, 2.45) is 0 Å². The van der Waals surface area contributed by atoms with Gasteiger partial charge in [-0.05, 0) is 0 Å². The van der Waals surface area contributed by atoms with Crippen molar-refractivity contribution < 1.29 is 9.47 Å². The molecule has 66 valence electrons. The van der Waals surface area contributed by atoms with Crippen LogP contribution < -0.4 is 15.2 Å². The van der Waals surface area contributed by atoms with Gasteiger partial charge in [-0.3, -0.25) is 0 Å². The van der Waals surface area contributed by atoms with E-state index in [4.69, 9.17) is 26.8 Å². The summed E-state index contributed by atoms with van der Waals surface area (Å²) < 4.78 is 9.73. The lowest BCUT2D eigenvalue weighted by molar-refractivity contribution is 0.366. The Morgan fingerprint density at radius 3 is 2.58 bits per heavy atom. The first-order valence-corrected chi connectivity index (χ1v) is 3.60. The number of hydrogen-bond acceptors (Lipinski definition) is 4. The van der Waals surface area contributed by atoms with Crippen molar-refractivity contribution in [2.75, 3.05) is 20.0 Å². The van der Waals surface area contributed by atoms with Gasteiger partial charge in [-0.25, -0.2) is 0 Å². The molecule has 0 saturated heterocycles. The molecule has 1 rings (SSSR count). The van der Waals surface area contributed by atoms with Crippen LogP contribution in [-0.2, 0) is 0 Å². The van der Waals surface area contributed by atoms with Crippen molar-refractivity contribution in [1.82, 2.24) is 4.98 Å². The van der Waals surface area contributed by atoms with Gasteiger partial charge in [-0.2, -0.15) is 4.98 Å². The third kappa shape index (κ3) is 1.53. The number of nitrogens with zero attached hydrogens (tertiary/aromatic N) is 1. The second-order valence-electron chi connectivity index (χ2n) is 2.07. The first-order valence-electron chi connectivity index (χ1n) is 3.23. The van der Waals surface area contributed by atoms with Gasteiger partial charge in [-0.1, -0.05) is 11.6 Å². The molecule has 0 aliphatic carbocycles. The molecule has 0 bridgehead atoms. The Bertz CT molecular complexity index is 291. The molecule has 0 radical (unpaired) electrons. The molecule has 0 atom stereocenters. The highest BCUT2D eigenvalue weighted by Gasteiger charge is 2.08. The van der Waals surface area contributed by atoms with Gasteiger partial charge in [0.25, 0.3) is 0 Å². The number of nitrogens with two attached hydrogens (primary N) is 1. The molecule has 1 heterocycles. The molecule has 0 aliphatic heterocycles. The van der Waals surface area contributed by atoms with Crippen molar-refractivity contribution in [1.29, 1.82) is 0 Å².